The Morgan fingerprint density at radius 3 is 2.46 bits per heavy atom. The van der Waals surface area contributed by atoms with Crippen LogP contribution in [0.2, 0.25) is 0 Å². The Labute approximate surface area is 143 Å². The van der Waals surface area contributed by atoms with Gasteiger partial charge in [-0.05, 0) is 69.7 Å². The Bertz CT molecular complexity index is 599. The molecule has 1 aliphatic carbocycles. The number of hydrogen-bond donors (Lipinski definition) is 2. The third-order valence-electron chi connectivity index (χ3n) is 5.28. The number of rotatable bonds is 3. The lowest BCUT2D eigenvalue weighted by Gasteiger charge is -2.33. The molecule has 2 fully saturated rings. The van der Waals surface area contributed by atoms with E-state index in [9.17, 15) is 14.7 Å². The van der Waals surface area contributed by atoms with Gasteiger partial charge in [0.15, 0.2) is 0 Å². The van der Waals surface area contributed by atoms with Crippen LogP contribution in [0.4, 0.5) is 5.69 Å². The average Bonchev–Trinajstić information content (AvgIpc) is 3.01. The summed E-state index contributed by atoms with van der Waals surface area (Å²) in [6.45, 7) is 2.91. The predicted molar refractivity (Wildman–Crippen MR) is 92.8 cm³/mol. The van der Waals surface area contributed by atoms with E-state index in [4.69, 9.17) is 0 Å². The first-order valence-corrected chi connectivity index (χ1v) is 8.96. The molecule has 0 aromatic heterocycles. The van der Waals surface area contributed by atoms with Gasteiger partial charge in [0, 0.05) is 23.8 Å². The molecule has 0 bridgehead atoms. The molecule has 2 N–H and O–H groups in total. The van der Waals surface area contributed by atoms with Gasteiger partial charge in [0.1, 0.15) is 0 Å². The van der Waals surface area contributed by atoms with Crippen LogP contribution in [0, 0.1) is 5.92 Å². The molecule has 5 nitrogen and oxygen atoms in total. The van der Waals surface area contributed by atoms with E-state index in [-0.39, 0.29) is 23.8 Å². The van der Waals surface area contributed by atoms with E-state index in [1.807, 2.05) is 4.90 Å². The first-order valence-electron chi connectivity index (χ1n) is 8.96. The summed E-state index contributed by atoms with van der Waals surface area (Å²) in [5.74, 6) is -0.393. The summed E-state index contributed by atoms with van der Waals surface area (Å²) in [5.41, 5.74) is 1.32. The highest BCUT2D eigenvalue weighted by atomic mass is 16.3. The van der Waals surface area contributed by atoms with Crippen LogP contribution in [0.1, 0.15) is 55.8 Å². The minimum Gasteiger partial charge on any atom is -0.392 e. The van der Waals surface area contributed by atoms with E-state index in [2.05, 4.69) is 12.2 Å². The van der Waals surface area contributed by atoms with Crippen LogP contribution in [0.3, 0.4) is 0 Å². The maximum Gasteiger partial charge on any atom is 0.254 e. The molecule has 0 radical (unpaired) electrons. The van der Waals surface area contributed by atoms with Crippen LogP contribution in [0.15, 0.2) is 24.3 Å². The number of amides is 2. The number of carbonyl (C=O) groups is 2. The standard InChI is InChI=1S/C19H26N2O3/c1-13-5-2-3-12-21(13)19(24)14-8-10-15(11-9-14)20-18(23)16-6-4-7-17(16)22/h8-11,13,16-17,22H,2-7,12H2,1H3,(H,20,23). The minimum absolute atomic E-state index is 0.0614. The second-order valence-corrected chi connectivity index (χ2v) is 7.01. The molecule has 1 aliphatic heterocycles. The highest BCUT2D eigenvalue weighted by molar-refractivity contribution is 5.96. The summed E-state index contributed by atoms with van der Waals surface area (Å²) in [4.78, 5) is 26.7. The Kier molecular flexibility index (Phi) is 5.19. The molecule has 3 atom stereocenters. The van der Waals surface area contributed by atoms with E-state index in [1.54, 1.807) is 24.3 Å². The first kappa shape index (κ1) is 17.0. The quantitative estimate of drug-likeness (QED) is 0.895. The van der Waals surface area contributed by atoms with Crippen LogP contribution in [0.25, 0.3) is 0 Å². The summed E-state index contributed by atoms with van der Waals surface area (Å²) >= 11 is 0. The Hall–Kier alpha value is -1.88. The number of nitrogens with zero attached hydrogens (tertiary/aromatic N) is 1. The fraction of sp³-hybridized carbons (Fsp3) is 0.579. The van der Waals surface area contributed by atoms with Crippen molar-refractivity contribution in [1.82, 2.24) is 4.90 Å². The van der Waals surface area contributed by atoms with Gasteiger partial charge in [-0.25, -0.2) is 0 Å². The van der Waals surface area contributed by atoms with E-state index >= 15 is 0 Å². The van der Waals surface area contributed by atoms with Gasteiger partial charge in [-0.3, -0.25) is 9.59 Å². The number of nitrogens with one attached hydrogen (secondary N) is 1. The molecule has 1 saturated carbocycles. The predicted octanol–water partition coefficient (Wildman–Crippen LogP) is 2.80. The molecule has 2 aliphatic rings. The summed E-state index contributed by atoms with van der Waals surface area (Å²) in [7, 11) is 0. The Morgan fingerprint density at radius 2 is 1.83 bits per heavy atom. The third kappa shape index (κ3) is 3.61. The van der Waals surface area contributed by atoms with E-state index in [1.165, 1.54) is 6.42 Å². The van der Waals surface area contributed by atoms with Gasteiger partial charge in [-0.1, -0.05) is 0 Å². The first-order chi connectivity index (χ1) is 11.6. The number of likely N-dealkylation sites (tertiary alicyclic amines) is 1. The molecular formula is C19H26N2O3. The number of anilines is 1. The summed E-state index contributed by atoms with van der Waals surface area (Å²) < 4.78 is 0. The monoisotopic (exact) mass is 330 g/mol. The van der Waals surface area contributed by atoms with Crippen molar-refractivity contribution in [3.8, 4) is 0 Å². The number of piperidine rings is 1. The van der Waals surface area contributed by atoms with Crippen LogP contribution in [-0.2, 0) is 4.79 Å². The van der Waals surface area contributed by atoms with Gasteiger partial charge in [0.05, 0.1) is 12.0 Å². The molecule has 1 saturated heterocycles. The molecule has 1 aromatic rings. The van der Waals surface area contributed by atoms with E-state index < -0.39 is 6.10 Å². The molecule has 5 heteroatoms. The van der Waals surface area contributed by atoms with E-state index in [0.29, 0.717) is 17.7 Å². The van der Waals surface area contributed by atoms with Crippen LogP contribution in [-0.4, -0.2) is 40.5 Å². The van der Waals surface area contributed by atoms with Gasteiger partial charge in [-0.15, -0.1) is 0 Å². The largest absolute Gasteiger partial charge is 0.392 e. The number of aliphatic hydroxyl groups is 1. The fourth-order valence-corrected chi connectivity index (χ4v) is 3.74. The summed E-state index contributed by atoms with van der Waals surface area (Å²) in [6.07, 6.45) is 5.09. The molecule has 3 unspecified atom stereocenters. The summed E-state index contributed by atoms with van der Waals surface area (Å²) in [5, 5.41) is 12.7. The lowest BCUT2D eigenvalue weighted by atomic mass is 10.0. The maximum absolute atomic E-state index is 12.6. The lowest BCUT2D eigenvalue weighted by molar-refractivity contribution is -0.122. The zero-order valence-corrected chi connectivity index (χ0v) is 14.2. The number of benzene rings is 1. The van der Waals surface area contributed by atoms with Gasteiger partial charge in [-0.2, -0.15) is 0 Å². The SMILES string of the molecule is CC1CCCCN1C(=O)c1ccc(NC(=O)C2CCCC2O)cc1. The zero-order valence-electron chi connectivity index (χ0n) is 14.2. The summed E-state index contributed by atoms with van der Waals surface area (Å²) in [6, 6.07) is 7.35. The van der Waals surface area contributed by atoms with Crippen molar-refractivity contribution in [1.29, 1.82) is 0 Å². The normalized spacial score (nSPS) is 27.1. The van der Waals surface area contributed by atoms with Crippen molar-refractivity contribution in [2.45, 2.75) is 57.6 Å². The fourth-order valence-electron chi connectivity index (χ4n) is 3.74. The van der Waals surface area contributed by atoms with Crippen molar-refractivity contribution in [3.63, 3.8) is 0 Å². The topological polar surface area (TPSA) is 69.6 Å². The molecular weight excluding hydrogens is 304 g/mol. The van der Waals surface area contributed by atoms with Crippen molar-refractivity contribution in [2.75, 3.05) is 11.9 Å². The van der Waals surface area contributed by atoms with E-state index in [0.717, 1.165) is 32.2 Å². The van der Waals surface area contributed by atoms with Crippen molar-refractivity contribution >= 4 is 17.5 Å². The molecule has 3 rings (SSSR count). The molecule has 24 heavy (non-hydrogen) atoms. The molecule has 0 spiro atoms. The second kappa shape index (κ2) is 7.34. The highest BCUT2D eigenvalue weighted by Crippen LogP contribution is 2.27. The van der Waals surface area contributed by atoms with Crippen LogP contribution < -0.4 is 5.32 Å². The van der Waals surface area contributed by atoms with Crippen LogP contribution in [0.5, 0.6) is 0 Å². The highest BCUT2D eigenvalue weighted by Gasteiger charge is 2.31. The third-order valence-corrected chi connectivity index (χ3v) is 5.28. The molecule has 1 heterocycles. The average molecular weight is 330 g/mol. The Balaban J connectivity index is 1.62. The van der Waals surface area contributed by atoms with Crippen molar-refractivity contribution in [3.05, 3.63) is 29.8 Å². The van der Waals surface area contributed by atoms with Gasteiger partial charge in [0.25, 0.3) is 5.91 Å². The number of hydrogen-bond acceptors (Lipinski definition) is 3. The molecule has 1 aromatic carbocycles. The zero-order chi connectivity index (χ0) is 17.1. The maximum atomic E-state index is 12.6. The second-order valence-electron chi connectivity index (χ2n) is 7.01. The lowest BCUT2D eigenvalue weighted by Crippen LogP contribution is -2.42. The van der Waals surface area contributed by atoms with Gasteiger partial charge < -0.3 is 15.3 Å². The van der Waals surface area contributed by atoms with Gasteiger partial charge in [0.2, 0.25) is 5.91 Å². The Morgan fingerprint density at radius 1 is 1.08 bits per heavy atom. The molecule has 2 amide bonds. The minimum atomic E-state index is -0.536. The van der Waals surface area contributed by atoms with Crippen LogP contribution >= 0.6 is 0 Å². The van der Waals surface area contributed by atoms with Crippen molar-refractivity contribution < 1.29 is 14.7 Å². The van der Waals surface area contributed by atoms with Crippen molar-refractivity contribution in [2.24, 2.45) is 5.92 Å². The smallest absolute Gasteiger partial charge is 0.254 e. The number of aliphatic hydroxyl groups excluding tert-OH is 1. The van der Waals surface area contributed by atoms with Gasteiger partial charge >= 0.3 is 0 Å². The molecule has 130 valence electrons. The number of carbonyl (C=O) groups excluding carboxylic acids is 2.